The predicted octanol–water partition coefficient (Wildman–Crippen LogP) is 3.36. The minimum Gasteiger partial charge on any atom is -0.388 e. The molecule has 2 rings (SSSR count). The van der Waals surface area contributed by atoms with Crippen LogP contribution in [-0.2, 0) is 6.42 Å². The topological polar surface area (TPSA) is 46.2 Å². The fraction of sp³-hybridized carbons (Fsp3) is 0.300. The van der Waals surface area contributed by atoms with Gasteiger partial charge in [-0.15, -0.1) is 0 Å². The van der Waals surface area contributed by atoms with Crippen LogP contribution in [0.25, 0.3) is 0 Å². The van der Waals surface area contributed by atoms with Gasteiger partial charge in [-0.1, -0.05) is 53.8 Å². The molecule has 0 radical (unpaired) electrons. The molecule has 0 fully saturated rings. The Bertz CT molecular complexity index is 649. The molecule has 0 saturated carbocycles. The van der Waals surface area contributed by atoms with Crippen molar-refractivity contribution < 1.29 is 5.11 Å². The fourth-order valence-corrected chi connectivity index (χ4v) is 2.27. The van der Waals surface area contributed by atoms with E-state index < -0.39 is 6.10 Å². The Labute approximate surface area is 133 Å². The van der Waals surface area contributed by atoms with Crippen LogP contribution in [0, 0.1) is 18.8 Å². The lowest BCUT2D eigenvalue weighted by Gasteiger charge is -2.09. The molecule has 2 nitrogen and oxygen atoms in total. The first kappa shape index (κ1) is 16.3. The summed E-state index contributed by atoms with van der Waals surface area (Å²) in [5.74, 6) is 6.38. The highest BCUT2D eigenvalue weighted by Gasteiger charge is 2.05. The van der Waals surface area contributed by atoms with Crippen molar-refractivity contribution in [1.29, 1.82) is 0 Å². The number of aliphatic hydroxyl groups is 1. The Kier molecular flexibility index (Phi) is 6.21. The number of rotatable bonds is 5. The van der Waals surface area contributed by atoms with Gasteiger partial charge in [0.1, 0.15) is 0 Å². The second-order valence-corrected chi connectivity index (χ2v) is 5.51. The Hall–Kier alpha value is -2.08. The number of benzene rings is 2. The molecule has 0 amide bonds. The normalized spacial score (nSPS) is 11.6. The number of nitrogens with two attached hydrogens (primary N) is 1. The van der Waals surface area contributed by atoms with E-state index in [2.05, 4.69) is 43.0 Å². The highest BCUT2D eigenvalue weighted by molar-refractivity contribution is 5.38. The molecular weight excluding hydrogens is 270 g/mol. The van der Waals surface area contributed by atoms with Gasteiger partial charge < -0.3 is 10.8 Å². The molecule has 2 aromatic carbocycles. The third-order valence-electron chi connectivity index (χ3n) is 3.60. The summed E-state index contributed by atoms with van der Waals surface area (Å²) in [5.41, 5.74) is 9.90. The van der Waals surface area contributed by atoms with Gasteiger partial charge >= 0.3 is 0 Å². The average Bonchev–Trinajstić information content (AvgIpc) is 2.54. The highest BCUT2D eigenvalue weighted by Crippen LogP contribution is 2.16. The van der Waals surface area contributed by atoms with E-state index in [9.17, 15) is 5.11 Å². The zero-order valence-corrected chi connectivity index (χ0v) is 13.0. The summed E-state index contributed by atoms with van der Waals surface area (Å²) in [5, 5.41) is 9.96. The molecule has 114 valence electrons. The van der Waals surface area contributed by atoms with Crippen LogP contribution in [0.15, 0.2) is 48.5 Å². The Morgan fingerprint density at radius 1 is 1.14 bits per heavy atom. The van der Waals surface area contributed by atoms with Gasteiger partial charge in [0.15, 0.2) is 0 Å². The lowest BCUT2D eigenvalue weighted by Crippen LogP contribution is -2.06. The molecule has 0 spiro atoms. The molecule has 1 atom stereocenters. The van der Waals surface area contributed by atoms with Crippen molar-refractivity contribution in [3.05, 3.63) is 70.8 Å². The molecule has 2 heteroatoms. The summed E-state index contributed by atoms with van der Waals surface area (Å²) in [6, 6.07) is 16.3. The number of aliphatic hydroxyl groups excluding tert-OH is 1. The quantitative estimate of drug-likeness (QED) is 0.830. The van der Waals surface area contributed by atoms with E-state index in [1.54, 1.807) is 0 Å². The second-order valence-electron chi connectivity index (χ2n) is 5.51. The Morgan fingerprint density at radius 3 is 2.64 bits per heavy atom. The minimum absolute atomic E-state index is 0.480. The van der Waals surface area contributed by atoms with Crippen molar-refractivity contribution in [2.24, 2.45) is 5.73 Å². The Morgan fingerprint density at radius 2 is 1.91 bits per heavy atom. The summed E-state index contributed by atoms with van der Waals surface area (Å²) in [6.07, 6.45) is 1.87. The minimum atomic E-state index is -0.501. The molecule has 0 aliphatic carbocycles. The van der Waals surface area contributed by atoms with E-state index in [1.165, 1.54) is 11.1 Å². The van der Waals surface area contributed by atoms with Crippen LogP contribution in [0.5, 0.6) is 0 Å². The molecule has 1 unspecified atom stereocenters. The molecule has 0 aliphatic heterocycles. The summed E-state index contributed by atoms with van der Waals surface area (Å²) < 4.78 is 0. The second kappa shape index (κ2) is 8.38. The predicted molar refractivity (Wildman–Crippen MR) is 91.5 cm³/mol. The van der Waals surface area contributed by atoms with Crippen LogP contribution in [0.3, 0.4) is 0 Å². The fourth-order valence-electron chi connectivity index (χ4n) is 2.27. The van der Waals surface area contributed by atoms with E-state index in [1.807, 2.05) is 24.3 Å². The third kappa shape index (κ3) is 5.04. The van der Waals surface area contributed by atoms with Gasteiger partial charge in [0.2, 0.25) is 0 Å². The number of aryl methyl sites for hydroxylation is 2. The lowest BCUT2D eigenvalue weighted by molar-refractivity contribution is 0.170. The first-order valence-electron chi connectivity index (χ1n) is 7.71. The average molecular weight is 293 g/mol. The monoisotopic (exact) mass is 293 g/mol. The van der Waals surface area contributed by atoms with Crippen LogP contribution < -0.4 is 5.73 Å². The lowest BCUT2D eigenvalue weighted by atomic mass is 10.0. The van der Waals surface area contributed by atoms with Crippen molar-refractivity contribution in [1.82, 2.24) is 0 Å². The molecule has 0 aliphatic rings. The molecule has 0 heterocycles. The van der Waals surface area contributed by atoms with E-state index in [0.717, 1.165) is 24.0 Å². The number of hydrogen-bond donors (Lipinski definition) is 2. The first-order chi connectivity index (χ1) is 10.7. The molecular formula is C20H23NO. The van der Waals surface area contributed by atoms with Crippen LogP contribution >= 0.6 is 0 Å². The van der Waals surface area contributed by atoms with Crippen molar-refractivity contribution >= 4 is 0 Å². The maximum atomic E-state index is 9.96. The molecule has 22 heavy (non-hydrogen) atoms. The summed E-state index contributed by atoms with van der Waals surface area (Å²) in [4.78, 5) is 0. The SMILES string of the molecule is Cc1ccc(CCC#Cc2cccc(C(O)CCN)c2)cc1. The van der Waals surface area contributed by atoms with Gasteiger partial charge in [-0.05, 0) is 49.6 Å². The first-order valence-corrected chi connectivity index (χ1v) is 7.71. The van der Waals surface area contributed by atoms with Gasteiger partial charge in [0, 0.05) is 12.0 Å². The molecule has 0 saturated heterocycles. The zero-order valence-electron chi connectivity index (χ0n) is 13.0. The van der Waals surface area contributed by atoms with Crippen LogP contribution in [-0.4, -0.2) is 11.7 Å². The van der Waals surface area contributed by atoms with Crippen LogP contribution in [0.1, 0.15) is 41.2 Å². The standard InChI is InChI=1S/C20H23NO/c1-16-9-11-17(12-10-16)5-2-3-6-18-7-4-8-19(15-18)20(22)13-14-21/h4,7-12,15,20,22H,2,5,13-14,21H2,1H3. The van der Waals surface area contributed by atoms with Gasteiger partial charge in [-0.3, -0.25) is 0 Å². The van der Waals surface area contributed by atoms with Crippen LogP contribution in [0.2, 0.25) is 0 Å². The smallest absolute Gasteiger partial charge is 0.0802 e. The molecule has 0 bridgehead atoms. The largest absolute Gasteiger partial charge is 0.388 e. The molecule has 2 aromatic rings. The van der Waals surface area contributed by atoms with Gasteiger partial charge in [0.25, 0.3) is 0 Å². The third-order valence-corrected chi connectivity index (χ3v) is 3.60. The maximum absolute atomic E-state index is 9.96. The molecule has 0 aromatic heterocycles. The van der Waals surface area contributed by atoms with Crippen LogP contribution in [0.4, 0.5) is 0 Å². The Balaban J connectivity index is 1.93. The maximum Gasteiger partial charge on any atom is 0.0802 e. The van der Waals surface area contributed by atoms with E-state index in [-0.39, 0.29) is 0 Å². The van der Waals surface area contributed by atoms with Crippen molar-refractivity contribution in [3.63, 3.8) is 0 Å². The van der Waals surface area contributed by atoms with Crippen molar-refractivity contribution in [3.8, 4) is 11.8 Å². The summed E-state index contributed by atoms with van der Waals surface area (Å²) >= 11 is 0. The zero-order chi connectivity index (χ0) is 15.8. The molecule has 3 N–H and O–H groups in total. The number of hydrogen-bond acceptors (Lipinski definition) is 2. The summed E-state index contributed by atoms with van der Waals surface area (Å²) in [7, 11) is 0. The summed E-state index contributed by atoms with van der Waals surface area (Å²) in [6.45, 7) is 2.57. The van der Waals surface area contributed by atoms with E-state index in [4.69, 9.17) is 5.73 Å². The van der Waals surface area contributed by atoms with Gasteiger partial charge in [-0.2, -0.15) is 0 Å². The van der Waals surface area contributed by atoms with Gasteiger partial charge in [0.05, 0.1) is 6.10 Å². The van der Waals surface area contributed by atoms with E-state index in [0.29, 0.717) is 13.0 Å². The van der Waals surface area contributed by atoms with Crippen molar-refractivity contribution in [2.45, 2.75) is 32.3 Å². The van der Waals surface area contributed by atoms with Crippen molar-refractivity contribution in [2.75, 3.05) is 6.54 Å². The highest BCUT2D eigenvalue weighted by atomic mass is 16.3. The van der Waals surface area contributed by atoms with E-state index >= 15 is 0 Å². The van der Waals surface area contributed by atoms with Gasteiger partial charge in [-0.25, -0.2) is 0 Å².